The Kier molecular flexibility index (Phi) is 3.62. The van der Waals surface area contributed by atoms with Crippen LogP contribution in [0.4, 0.5) is 4.39 Å². The molecule has 1 heterocycles. The molecule has 0 saturated heterocycles. The summed E-state index contributed by atoms with van der Waals surface area (Å²) in [5, 5.41) is 2.70. The molecule has 1 aromatic carbocycles. The van der Waals surface area contributed by atoms with Crippen LogP contribution >= 0.6 is 0 Å². The molecule has 0 aliphatic rings. The van der Waals surface area contributed by atoms with E-state index in [1.54, 1.807) is 19.1 Å². The molecule has 18 heavy (non-hydrogen) atoms. The number of halogens is 1. The topological polar surface area (TPSA) is 54.9 Å². The van der Waals surface area contributed by atoms with Crippen molar-refractivity contribution in [3.05, 3.63) is 59.4 Å². The Morgan fingerprint density at radius 1 is 1.39 bits per heavy atom. The first kappa shape index (κ1) is 12.2. The Morgan fingerprint density at radius 2 is 2.22 bits per heavy atom. The van der Waals surface area contributed by atoms with Crippen LogP contribution in [-0.4, -0.2) is 15.9 Å². The fraction of sp³-hybridized carbons (Fsp3) is 0.154. The van der Waals surface area contributed by atoms with Gasteiger partial charge in [-0.05, 0) is 24.1 Å². The second-order valence-electron chi connectivity index (χ2n) is 3.86. The third-order valence-corrected chi connectivity index (χ3v) is 2.47. The summed E-state index contributed by atoms with van der Waals surface area (Å²) in [5.41, 5.74) is 1.66. The molecule has 1 amide bonds. The fourth-order valence-electron chi connectivity index (χ4n) is 1.51. The average molecular weight is 245 g/mol. The molecule has 0 bridgehead atoms. The third-order valence-electron chi connectivity index (χ3n) is 2.47. The van der Waals surface area contributed by atoms with Gasteiger partial charge in [-0.2, -0.15) is 0 Å². The van der Waals surface area contributed by atoms with Crippen molar-refractivity contribution in [1.29, 1.82) is 0 Å². The van der Waals surface area contributed by atoms with E-state index in [4.69, 9.17) is 0 Å². The third kappa shape index (κ3) is 2.88. The summed E-state index contributed by atoms with van der Waals surface area (Å²) < 4.78 is 13.1. The molecule has 1 aromatic heterocycles. The smallest absolute Gasteiger partial charge is 0.271 e. The van der Waals surface area contributed by atoms with Gasteiger partial charge in [-0.25, -0.2) is 9.37 Å². The van der Waals surface area contributed by atoms with Gasteiger partial charge in [0.1, 0.15) is 11.5 Å². The largest absolute Gasteiger partial charge is 0.347 e. The van der Waals surface area contributed by atoms with E-state index >= 15 is 0 Å². The Morgan fingerprint density at radius 3 is 2.89 bits per heavy atom. The van der Waals surface area contributed by atoms with Crippen LogP contribution in [0, 0.1) is 12.7 Å². The van der Waals surface area contributed by atoms with E-state index in [-0.39, 0.29) is 17.4 Å². The molecular weight excluding hydrogens is 233 g/mol. The number of carbonyl (C=O) groups excluding carboxylic acids is 1. The van der Waals surface area contributed by atoms with Crippen LogP contribution in [0.2, 0.25) is 0 Å². The van der Waals surface area contributed by atoms with Crippen molar-refractivity contribution >= 4 is 5.91 Å². The average Bonchev–Trinajstić information content (AvgIpc) is 2.41. The van der Waals surface area contributed by atoms with Gasteiger partial charge in [-0.1, -0.05) is 12.1 Å². The summed E-state index contributed by atoms with van der Waals surface area (Å²) in [5.74, 6) is -0.552. The van der Waals surface area contributed by atoms with Gasteiger partial charge >= 0.3 is 0 Å². The second-order valence-corrected chi connectivity index (χ2v) is 3.86. The second kappa shape index (κ2) is 5.35. The molecule has 0 aliphatic heterocycles. The van der Waals surface area contributed by atoms with Crippen molar-refractivity contribution in [3.8, 4) is 0 Å². The number of rotatable bonds is 3. The number of nitrogens with zero attached hydrogens (tertiary/aromatic N) is 2. The Balaban J connectivity index is 1.99. The molecule has 0 unspecified atom stereocenters. The van der Waals surface area contributed by atoms with E-state index < -0.39 is 0 Å². The monoisotopic (exact) mass is 245 g/mol. The fourth-order valence-corrected chi connectivity index (χ4v) is 1.51. The lowest BCUT2D eigenvalue weighted by Crippen LogP contribution is -2.23. The standard InChI is InChI=1S/C13H12FN3O/c1-9-6-10(2-3-11(9)14)7-17-13(18)12-8-15-4-5-16-12/h2-6,8H,7H2,1H3,(H,17,18). The normalized spacial score (nSPS) is 10.1. The molecule has 4 nitrogen and oxygen atoms in total. The summed E-state index contributed by atoms with van der Waals surface area (Å²) >= 11 is 0. The van der Waals surface area contributed by atoms with E-state index in [9.17, 15) is 9.18 Å². The summed E-state index contributed by atoms with van der Waals surface area (Å²) in [6.45, 7) is 2.01. The number of nitrogens with one attached hydrogen (secondary N) is 1. The molecule has 0 atom stereocenters. The van der Waals surface area contributed by atoms with Crippen LogP contribution in [0.3, 0.4) is 0 Å². The lowest BCUT2D eigenvalue weighted by molar-refractivity contribution is 0.0945. The lowest BCUT2D eigenvalue weighted by atomic mass is 10.1. The summed E-state index contributed by atoms with van der Waals surface area (Å²) in [7, 11) is 0. The Labute approximate surface area is 104 Å². The summed E-state index contributed by atoms with van der Waals surface area (Å²) in [6.07, 6.45) is 4.35. The highest BCUT2D eigenvalue weighted by atomic mass is 19.1. The van der Waals surface area contributed by atoms with Crippen LogP contribution in [0.1, 0.15) is 21.6 Å². The number of carbonyl (C=O) groups is 1. The van der Waals surface area contributed by atoms with Crippen LogP contribution < -0.4 is 5.32 Å². The quantitative estimate of drug-likeness (QED) is 0.897. The molecule has 0 spiro atoms. The molecule has 2 aromatic rings. The van der Waals surface area contributed by atoms with Crippen molar-refractivity contribution in [2.75, 3.05) is 0 Å². The maximum Gasteiger partial charge on any atom is 0.271 e. The number of aryl methyl sites for hydroxylation is 1. The van der Waals surface area contributed by atoms with Crippen molar-refractivity contribution < 1.29 is 9.18 Å². The van der Waals surface area contributed by atoms with Gasteiger partial charge in [0.25, 0.3) is 5.91 Å². The number of benzene rings is 1. The predicted octanol–water partition coefficient (Wildman–Crippen LogP) is 1.85. The van der Waals surface area contributed by atoms with Crippen LogP contribution in [0.25, 0.3) is 0 Å². The van der Waals surface area contributed by atoms with Gasteiger partial charge < -0.3 is 5.32 Å². The van der Waals surface area contributed by atoms with Crippen molar-refractivity contribution in [3.63, 3.8) is 0 Å². The molecule has 0 fully saturated rings. The SMILES string of the molecule is Cc1cc(CNC(=O)c2cnccn2)ccc1F. The van der Waals surface area contributed by atoms with Crippen LogP contribution in [0.15, 0.2) is 36.8 Å². The summed E-state index contributed by atoms with van der Waals surface area (Å²) in [6, 6.07) is 4.73. The van der Waals surface area contributed by atoms with Crippen molar-refractivity contribution in [1.82, 2.24) is 15.3 Å². The molecule has 5 heteroatoms. The highest BCUT2D eigenvalue weighted by molar-refractivity contribution is 5.91. The maximum absolute atomic E-state index is 13.1. The van der Waals surface area contributed by atoms with E-state index in [1.807, 2.05) is 0 Å². The van der Waals surface area contributed by atoms with Crippen LogP contribution in [0.5, 0.6) is 0 Å². The van der Waals surface area contributed by atoms with Crippen molar-refractivity contribution in [2.45, 2.75) is 13.5 Å². The Bertz CT molecular complexity index is 557. The number of amides is 1. The van der Waals surface area contributed by atoms with Crippen LogP contribution in [-0.2, 0) is 6.54 Å². The number of hydrogen-bond donors (Lipinski definition) is 1. The zero-order valence-electron chi connectivity index (χ0n) is 9.85. The number of aromatic nitrogens is 2. The minimum absolute atomic E-state index is 0.251. The van der Waals surface area contributed by atoms with Crippen molar-refractivity contribution in [2.24, 2.45) is 0 Å². The van der Waals surface area contributed by atoms with Gasteiger partial charge in [0.05, 0.1) is 6.20 Å². The zero-order chi connectivity index (χ0) is 13.0. The molecule has 2 rings (SSSR count). The van der Waals surface area contributed by atoms with E-state index in [0.29, 0.717) is 12.1 Å². The molecule has 0 radical (unpaired) electrons. The van der Waals surface area contributed by atoms with Gasteiger partial charge in [0, 0.05) is 18.9 Å². The zero-order valence-corrected chi connectivity index (χ0v) is 9.85. The number of hydrogen-bond acceptors (Lipinski definition) is 3. The van der Waals surface area contributed by atoms with Gasteiger partial charge in [0.2, 0.25) is 0 Å². The molecule has 92 valence electrons. The Hall–Kier alpha value is -2.30. The highest BCUT2D eigenvalue weighted by Gasteiger charge is 2.06. The van der Waals surface area contributed by atoms with E-state index in [2.05, 4.69) is 15.3 Å². The first-order valence-corrected chi connectivity index (χ1v) is 5.46. The van der Waals surface area contributed by atoms with E-state index in [1.165, 1.54) is 24.7 Å². The molecule has 0 saturated carbocycles. The molecular formula is C13H12FN3O. The minimum atomic E-state index is -0.301. The van der Waals surface area contributed by atoms with Gasteiger partial charge in [-0.15, -0.1) is 0 Å². The van der Waals surface area contributed by atoms with E-state index in [0.717, 1.165) is 5.56 Å². The maximum atomic E-state index is 13.1. The van der Waals surface area contributed by atoms with Gasteiger partial charge in [-0.3, -0.25) is 9.78 Å². The highest BCUT2D eigenvalue weighted by Crippen LogP contribution is 2.09. The predicted molar refractivity (Wildman–Crippen MR) is 64.3 cm³/mol. The minimum Gasteiger partial charge on any atom is -0.347 e. The summed E-state index contributed by atoms with van der Waals surface area (Å²) in [4.78, 5) is 19.4. The molecule has 0 aliphatic carbocycles. The lowest BCUT2D eigenvalue weighted by Gasteiger charge is -2.05. The molecule has 1 N–H and O–H groups in total. The first-order chi connectivity index (χ1) is 8.66. The first-order valence-electron chi connectivity index (χ1n) is 5.46. The van der Waals surface area contributed by atoms with Gasteiger partial charge in [0.15, 0.2) is 0 Å².